The molecule has 1 atom stereocenters. The molecule has 0 fully saturated rings. The van der Waals surface area contributed by atoms with Crippen molar-refractivity contribution in [2.75, 3.05) is 0 Å². The maximum Gasteiger partial charge on any atom is 0.177 e. The van der Waals surface area contributed by atoms with Gasteiger partial charge in [-0.2, -0.15) is 4.80 Å². The summed E-state index contributed by atoms with van der Waals surface area (Å²) < 4.78 is 14.1. The lowest BCUT2D eigenvalue weighted by molar-refractivity contribution is 0.170. The Hall–Kier alpha value is -1.34. The third-order valence-electron chi connectivity index (χ3n) is 2.26. The average Bonchev–Trinajstić information content (AvgIpc) is 2.63. The lowest BCUT2D eigenvalue weighted by Crippen LogP contribution is -2.07. The number of tetrazole rings is 1. The van der Waals surface area contributed by atoms with Crippen molar-refractivity contribution in [3.63, 3.8) is 0 Å². The third kappa shape index (κ3) is 2.67. The lowest BCUT2D eigenvalue weighted by atomic mass is 10.1. The van der Waals surface area contributed by atoms with Crippen LogP contribution >= 0.6 is 15.9 Å². The van der Waals surface area contributed by atoms with Crippen molar-refractivity contribution < 1.29 is 9.50 Å². The van der Waals surface area contributed by atoms with Crippen molar-refractivity contribution in [2.24, 2.45) is 7.05 Å². The number of hydrogen-bond acceptors (Lipinski definition) is 4. The second kappa shape index (κ2) is 4.89. The summed E-state index contributed by atoms with van der Waals surface area (Å²) in [4.78, 5) is 1.29. The Morgan fingerprint density at radius 1 is 1.53 bits per heavy atom. The van der Waals surface area contributed by atoms with E-state index in [2.05, 4.69) is 31.3 Å². The summed E-state index contributed by atoms with van der Waals surface area (Å²) in [5.74, 6) is -0.0917. The molecule has 0 bridgehead atoms. The van der Waals surface area contributed by atoms with Gasteiger partial charge < -0.3 is 5.11 Å². The van der Waals surface area contributed by atoms with Crippen LogP contribution in [0.25, 0.3) is 0 Å². The summed E-state index contributed by atoms with van der Waals surface area (Å²) >= 11 is 3.20. The van der Waals surface area contributed by atoms with E-state index in [0.29, 0.717) is 10.3 Å². The molecule has 1 N–H and O–H groups in total. The number of aliphatic hydroxyl groups is 1. The summed E-state index contributed by atoms with van der Waals surface area (Å²) in [6.07, 6.45) is -0.886. The van der Waals surface area contributed by atoms with Gasteiger partial charge in [0, 0.05) is 16.5 Å². The van der Waals surface area contributed by atoms with E-state index in [-0.39, 0.29) is 12.0 Å². The smallest absolute Gasteiger partial charge is 0.177 e. The highest BCUT2D eigenvalue weighted by Crippen LogP contribution is 2.27. The number of benzene rings is 1. The Labute approximate surface area is 105 Å². The van der Waals surface area contributed by atoms with Crippen LogP contribution in [0.5, 0.6) is 0 Å². The van der Waals surface area contributed by atoms with Crippen LogP contribution in [-0.2, 0) is 13.5 Å². The van der Waals surface area contributed by atoms with Gasteiger partial charge in [0.2, 0.25) is 0 Å². The first-order valence-electron chi connectivity index (χ1n) is 4.93. The zero-order chi connectivity index (χ0) is 12.4. The minimum atomic E-state index is -1.00. The number of aromatic nitrogens is 4. The SMILES string of the molecule is Cn1nnc(CC(O)c2c(F)cccc2Br)n1. The molecule has 0 aliphatic carbocycles. The molecule has 0 spiro atoms. The minimum absolute atomic E-state index is 0.118. The van der Waals surface area contributed by atoms with Gasteiger partial charge in [-0.25, -0.2) is 4.39 Å². The molecular weight excluding hydrogens is 291 g/mol. The number of halogens is 2. The Morgan fingerprint density at radius 3 is 2.88 bits per heavy atom. The van der Waals surface area contributed by atoms with Crippen LogP contribution in [0.1, 0.15) is 17.5 Å². The van der Waals surface area contributed by atoms with Crippen LogP contribution in [0.15, 0.2) is 22.7 Å². The summed E-state index contributed by atoms with van der Waals surface area (Å²) in [5, 5.41) is 21.3. The molecule has 0 radical (unpaired) electrons. The summed E-state index contributed by atoms with van der Waals surface area (Å²) in [6, 6.07) is 4.54. The van der Waals surface area contributed by atoms with Crippen molar-refractivity contribution in [2.45, 2.75) is 12.5 Å². The van der Waals surface area contributed by atoms with Crippen LogP contribution < -0.4 is 0 Å². The minimum Gasteiger partial charge on any atom is -0.388 e. The second-order valence-corrected chi connectivity index (χ2v) is 4.40. The molecule has 5 nitrogen and oxygen atoms in total. The molecule has 7 heteroatoms. The van der Waals surface area contributed by atoms with E-state index in [1.54, 1.807) is 19.2 Å². The Balaban J connectivity index is 2.22. The topological polar surface area (TPSA) is 63.8 Å². The Morgan fingerprint density at radius 2 is 2.29 bits per heavy atom. The molecule has 17 heavy (non-hydrogen) atoms. The fraction of sp³-hybridized carbons (Fsp3) is 0.300. The van der Waals surface area contributed by atoms with Crippen molar-refractivity contribution in [1.29, 1.82) is 0 Å². The van der Waals surface area contributed by atoms with Gasteiger partial charge in [-0.05, 0) is 17.3 Å². The molecule has 2 aromatic rings. The van der Waals surface area contributed by atoms with Gasteiger partial charge in [0.15, 0.2) is 5.82 Å². The van der Waals surface area contributed by atoms with Crippen molar-refractivity contribution in [3.8, 4) is 0 Å². The van der Waals surface area contributed by atoms with Crippen LogP contribution in [0, 0.1) is 5.82 Å². The van der Waals surface area contributed by atoms with Crippen molar-refractivity contribution in [3.05, 3.63) is 39.9 Å². The molecule has 1 aromatic carbocycles. The summed E-state index contributed by atoms with van der Waals surface area (Å²) in [7, 11) is 1.63. The van der Waals surface area contributed by atoms with Crippen molar-refractivity contribution in [1.82, 2.24) is 20.2 Å². The van der Waals surface area contributed by atoms with Gasteiger partial charge in [0.1, 0.15) is 5.82 Å². The normalized spacial score (nSPS) is 12.7. The van der Waals surface area contributed by atoms with Crippen LogP contribution in [0.4, 0.5) is 4.39 Å². The first kappa shape index (κ1) is 12.1. The first-order chi connectivity index (χ1) is 8.08. The highest BCUT2D eigenvalue weighted by atomic mass is 79.9. The van der Waals surface area contributed by atoms with Gasteiger partial charge >= 0.3 is 0 Å². The first-order valence-corrected chi connectivity index (χ1v) is 5.72. The fourth-order valence-electron chi connectivity index (χ4n) is 1.51. The van der Waals surface area contributed by atoms with Crippen LogP contribution in [0.3, 0.4) is 0 Å². The molecule has 0 aliphatic rings. The molecule has 1 unspecified atom stereocenters. The molecule has 90 valence electrons. The zero-order valence-corrected chi connectivity index (χ0v) is 10.6. The summed E-state index contributed by atoms with van der Waals surface area (Å²) in [6.45, 7) is 0. The number of hydrogen-bond donors (Lipinski definition) is 1. The van der Waals surface area contributed by atoms with Gasteiger partial charge in [-0.3, -0.25) is 0 Å². The zero-order valence-electron chi connectivity index (χ0n) is 9.01. The van der Waals surface area contributed by atoms with E-state index >= 15 is 0 Å². The van der Waals surface area contributed by atoms with Gasteiger partial charge in [-0.15, -0.1) is 10.2 Å². The molecule has 1 aromatic heterocycles. The van der Waals surface area contributed by atoms with E-state index in [1.807, 2.05) is 0 Å². The van der Waals surface area contributed by atoms with E-state index in [1.165, 1.54) is 10.9 Å². The fourth-order valence-corrected chi connectivity index (χ4v) is 2.12. The van der Waals surface area contributed by atoms with Crippen molar-refractivity contribution >= 4 is 15.9 Å². The molecule has 0 saturated heterocycles. The molecule has 0 saturated carbocycles. The number of aliphatic hydroxyl groups excluding tert-OH is 1. The Bertz CT molecular complexity index is 511. The highest BCUT2D eigenvalue weighted by Gasteiger charge is 2.18. The predicted molar refractivity (Wildman–Crippen MR) is 61.6 cm³/mol. The standard InChI is InChI=1S/C10H10BrFN4O/c1-16-14-9(13-15-16)5-8(17)10-6(11)3-2-4-7(10)12/h2-4,8,17H,5H2,1H3. The molecule has 0 aliphatic heterocycles. The Kier molecular flexibility index (Phi) is 3.49. The third-order valence-corrected chi connectivity index (χ3v) is 2.95. The predicted octanol–water partition coefficient (Wildman–Crippen LogP) is 1.39. The average molecular weight is 301 g/mol. The molecule has 1 heterocycles. The van der Waals surface area contributed by atoms with E-state index < -0.39 is 11.9 Å². The van der Waals surface area contributed by atoms with E-state index in [4.69, 9.17) is 0 Å². The summed E-state index contributed by atoms with van der Waals surface area (Å²) in [5.41, 5.74) is 0.208. The second-order valence-electron chi connectivity index (χ2n) is 3.55. The lowest BCUT2D eigenvalue weighted by Gasteiger charge is -2.11. The molecule has 0 amide bonds. The monoisotopic (exact) mass is 300 g/mol. The van der Waals surface area contributed by atoms with Gasteiger partial charge in [-0.1, -0.05) is 22.0 Å². The highest BCUT2D eigenvalue weighted by molar-refractivity contribution is 9.10. The van der Waals surface area contributed by atoms with Gasteiger partial charge in [0.25, 0.3) is 0 Å². The molecular formula is C10H10BrFN4O. The largest absolute Gasteiger partial charge is 0.388 e. The number of aryl methyl sites for hydroxylation is 1. The van der Waals surface area contributed by atoms with Crippen LogP contribution in [0.2, 0.25) is 0 Å². The van der Waals surface area contributed by atoms with E-state index in [0.717, 1.165) is 0 Å². The van der Waals surface area contributed by atoms with Crippen LogP contribution in [-0.4, -0.2) is 25.3 Å². The maximum atomic E-state index is 13.6. The number of rotatable bonds is 3. The van der Waals surface area contributed by atoms with Gasteiger partial charge in [0.05, 0.1) is 13.2 Å². The molecule has 2 rings (SSSR count). The maximum absolute atomic E-state index is 13.6. The quantitative estimate of drug-likeness (QED) is 0.930. The van der Waals surface area contributed by atoms with E-state index in [9.17, 15) is 9.50 Å². The number of nitrogens with zero attached hydrogens (tertiary/aromatic N) is 4.